The Balaban J connectivity index is 2.10. The molecule has 3 rings (SSSR count). The van der Waals surface area contributed by atoms with Crippen molar-refractivity contribution in [2.75, 3.05) is 0 Å². The number of nitrogens with zero attached hydrogens (tertiary/aromatic N) is 2. The zero-order valence-electron chi connectivity index (χ0n) is 13.9. The van der Waals surface area contributed by atoms with Crippen LogP contribution in [0.5, 0.6) is 0 Å². The Morgan fingerprint density at radius 1 is 1.12 bits per heavy atom. The maximum absolute atomic E-state index is 9.60. The fourth-order valence-electron chi connectivity index (χ4n) is 2.90. The Labute approximate surface area is 170 Å². The predicted octanol–water partition coefficient (Wildman–Crippen LogP) is 6.53. The van der Waals surface area contributed by atoms with Gasteiger partial charge in [-0.05, 0) is 84.0 Å². The third-order valence-corrected chi connectivity index (χ3v) is 5.58. The number of benzene rings is 2. The fraction of sp³-hybridized carbons (Fsp3) is 0.0952. The van der Waals surface area contributed by atoms with Crippen LogP contribution in [0.25, 0.3) is 17.3 Å². The second-order valence-corrected chi connectivity index (χ2v) is 7.87. The summed E-state index contributed by atoms with van der Waals surface area (Å²) >= 11 is 5.79. The van der Waals surface area contributed by atoms with Gasteiger partial charge >= 0.3 is 0 Å². The molecule has 0 saturated carbocycles. The lowest BCUT2D eigenvalue weighted by molar-refractivity contribution is 0.958. The van der Waals surface area contributed by atoms with Crippen LogP contribution < -0.4 is 0 Å². The van der Waals surface area contributed by atoms with E-state index in [-0.39, 0.29) is 0 Å². The summed E-state index contributed by atoms with van der Waals surface area (Å²) in [6, 6.07) is 20.6. The summed E-state index contributed by atoms with van der Waals surface area (Å²) in [5, 5.41) is 9.60. The number of halogens is 2. The summed E-state index contributed by atoms with van der Waals surface area (Å²) in [5.74, 6) is 0. The van der Waals surface area contributed by atoms with Crippen molar-refractivity contribution in [1.29, 1.82) is 5.26 Å². The highest BCUT2D eigenvalue weighted by Crippen LogP contribution is 2.27. The smallest absolute Gasteiger partial charge is 0.0998 e. The normalized spacial score (nSPS) is 11.4. The van der Waals surface area contributed by atoms with E-state index in [0.717, 1.165) is 27.0 Å². The van der Waals surface area contributed by atoms with Crippen molar-refractivity contribution in [2.45, 2.75) is 13.8 Å². The minimum atomic E-state index is 0.663. The number of hydrogen-bond acceptors (Lipinski definition) is 1. The van der Waals surface area contributed by atoms with Crippen molar-refractivity contribution in [2.24, 2.45) is 0 Å². The first-order valence-corrected chi connectivity index (χ1v) is 9.70. The Morgan fingerprint density at radius 2 is 1.80 bits per heavy atom. The first kappa shape index (κ1) is 18.0. The Hall–Kier alpha value is -1.84. The van der Waals surface area contributed by atoms with Crippen LogP contribution in [0.3, 0.4) is 0 Å². The number of nitriles is 1. The molecule has 1 heterocycles. The van der Waals surface area contributed by atoms with Crippen LogP contribution >= 0.6 is 38.5 Å². The van der Waals surface area contributed by atoms with E-state index in [2.05, 4.69) is 87.3 Å². The van der Waals surface area contributed by atoms with E-state index in [1.54, 1.807) is 0 Å². The summed E-state index contributed by atoms with van der Waals surface area (Å²) in [6.07, 6.45) is 1.97. The first-order chi connectivity index (χ1) is 12.0. The molecule has 0 amide bonds. The molecule has 0 N–H and O–H groups in total. The molecule has 0 aliphatic heterocycles. The number of rotatable bonds is 3. The largest absolute Gasteiger partial charge is 0.317 e. The summed E-state index contributed by atoms with van der Waals surface area (Å²) in [6.45, 7) is 4.19. The second kappa shape index (κ2) is 7.59. The number of hydrogen-bond donors (Lipinski definition) is 0. The Kier molecular flexibility index (Phi) is 5.45. The van der Waals surface area contributed by atoms with E-state index in [1.165, 1.54) is 9.26 Å². The van der Waals surface area contributed by atoms with Crippen LogP contribution in [0.4, 0.5) is 0 Å². The summed E-state index contributed by atoms with van der Waals surface area (Å²) in [7, 11) is 0. The molecule has 1 aromatic heterocycles. The van der Waals surface area contributed by atoms with E-state index in [4.69, 9.17) is 0 Å². The van der Waals surface area contributed by atoms with Gasteiger partial charge in [-0.3, -0.25) is 0 Å². The van der Waals surface area contributed by atoms with Gasteiger partial charge in [0.05, 0.1) is 17.3 Å². The van der Waals surface area contributed by atoms with E-state index >= 15 is 0 Å². The first-order valence-electron chi connectivity index (χ1n) is 7.83. The van der Waals surface area contributed by atoms with Gasteiger partial charge in [0.25, 0.3) is 0 Å². The highest BCUT2D eigenvalue weighted by atomic mass is 127. The number of aryl methyl sites for hydroxylation is 1. The Bertz CT molecular complexity index is 992. The van der Waals surface area contributed by atoms with Gasteiger partial charge in [0, 0.05) is 19.4 Å². The molecule has 0 saturated heterocycles. The van der Waals surface area contributed by atoms with Crippen molar-refractivity contribution < 1.29 is 0 Å². The molecule has 0 fully saturated rings. The highest BCUT2D eigenvalue weighted by Gasteiger charge is 2.12. The number of aromatic nitrogens is 1. The second-order valence-electron chi connectivity index (χ2n) is 5.79. The fourth-order valence-corrected chi connectivity index (χ4v) is 3.80. The standard InChI is InChI=1S/C21H16BrIN2/c1-14-11-17(12-18(13-24)16-7-9-19(22)10-8-16)15(2)25(14)21-6-4-3-5-20(21)23/h3-12H,1-2H3/b18-12-. The van der Waals surface area contributed by atoms with Gasteiger partial charge in [-0.15, -0.1) is 0 Å². The minimum Gasteiger partial charge on any atom is -0.317 e. The summed E-state index contributed by atoms with van der Waals surface area (Å²) in [4.78, 5) is 0. The number of para-hydroxylation sites is 1. The van der Waals surface area contributed by atoms with Gasteiger partial charge in [0.15, 0.2) is 0 Å². The maximum atomic E-state index is 9.60. The van der Waals surface area contributed by atoms with Gasteiger partial charge in [0.1, 0.15) is 0 Å². The van der Waals surface area contributed by atoms with E-state index in [0.29, 0.717) is 5.57 Å². The molecular weight excluding hydrogens is 487 g/mol. The SMILES string of the molecule is Cc1cc(/C=C(/C#N)c2ccc(Br)cc2)c(C)n1-c1ccccc1I. The predicted molar refractivity (Wildman–Crippen MR) is 116 cm³/mol. The molecule has 2 aromatic carbocycles. The van der Waals surface area contributed by atoms with E-state index in [9.17, 15) is 5.26 Å². The average Bonchev–Trinajstić information content (AvgIpc) is 2.88. The minimum absolute atomic E-state index is 0.663. The van der Waals surface area contributed by atoms with Crippen LogP contribution in [0.1, 0.15) is 22.5 Å². The average molecular weight is 503 g/mol. The van der Waals surface area contributed by atoms with Gasteiger partial charge < -0.3 is 4.57 Å². The van der Waals surface area contributed by atoms with Crippen molar-refractivity contribution in [1.82, 2.24) is 4.57 Å². The van der Waals surface area contributed by atoms with Crippen LogP contribution in [0.15, 0.2) is 59.1 Å². The molecule has 0 radical (unpaired) electrons. The molecule has 0 aliphatic carbocycles. The maximum Gasteiger partial charge on any atom is 0.0998 e. The van der Waals surface area contributed by atoms with Gasteiger partial charge in [-0.25, -0.2) is 0 Å². The molecule has 2 nitrogen and oxygen atoms in total. The molecule has 4 heteroatoms. The van der Waals surface area contributed by atoms with Crippen molar-refractivity contribution in [3.05, 3.63) is 85.2 Å². The monoisotopic (exact) mass is 502 g/mol. The topological polar surface area (TPSA) is 28.7 Å². The number of allylic oxidation sites excluding steroid dienone is 1. The molecule has 0 bridgehead atoms. The lowest BCUT2D eigenvalue weighted by atomic mass is 10.0. The molecular formula is C21H16BrIN2. The lowest BCUT2D eigenvalue weighted by Gasteiger charge is -2.11. The third kappa shape index (κ3) is 3.73. The van der Waals surface area contributed by atoms with Crippen molar-refractivity contribution >= 4 is 50.2 Å². The molecule has 0 spiro atoms. The van der Waals surface area contributed by atoms with Crippen LogP contribution in [0.2, 0.25) is 0 Å². The van der Waals surface area contributed by atoms with Gasteiger partial charge in [-0.1, -0.05) is 40.2 Å². The molecule has 124 valence electrons. The van der Waals surface area contributed by atoms with Gasteiger partial charge in [0.2, 0.25) is 0 Å². The van der Waals surface area contributed by atoms with Crippen molar-refractivity contribution in [3.63, 3.8) is 0 Å². The van der Waals surface area contributed by atoms with Crippen molar-refractivity contribution in [3.8, 4) is 11.8 Å². The van der Waals surface area contributed by atoms with Crippen LogP contribution in [-0.2, 0) is 0 Å². The lowest BCUT2D eigenvalue weighted by Crippen LogP contribution is -2.01. The van der Waals surface area contributed by atoms with Crippen LogP contribution in [0, 0.1) is 28.7 Å². The van der Waals surface area contributed by atoms with E-state index in [1.807, 2.05) is 36.4 Å². The molecule has 0 atom stereocenters. The molecule has 3 aromatic rings. The quantitative estimate of drug-likeness (QED) is 0.296. The summed E-state index contributed by atoms with van der Waals surface area (Å²) in [5.41, 5.74) is 6.10. The zero-order valence-corrected chi connectivity index (χ0v) is 17.7. The Morgan fingerprint density at radius 3 is 2.44 bits per heavy atom. The molecule has 25 heavy (non-hydrogen) atoms. The molecule has 0 aliphatic rings. The summed E-state index contributed by atoms with van der Waals surface area (Å²) < 4.78 is 4.45. The zero-order chi connectivity index (χ0) is 18.0. The third-order valence-electron chi connectivity index (χ3n) is 4.14. The van der Waals surface area contributed by atoms with Gasteiger partial charge in [-0.2, -0.15) is 5.26 Å². The van der Waals surface area contributed by atoms with Crippen LogP contribution in [-0.4, -0.2) is 4.57 Å². The van der Waals surface area contributed by atoms with E-state index < -0.39 is 0 Å². The molecule has 0 unspecified atom stereocenters. The highest BCUT2D eigenvalue weighted by molar-refractivity contribution is 14.1.